The van der Waals surface area contributed by atoms with E-state index in [1.807, 2.05) is 6.07 Å². The van der Waals surface area contributed by atoms with Gasteiger partial charge in [-0.05, 0) is 48.0 Å². The molecule has 0 unspecified atom stereocenters. The van der Waals surface area contributed by atoms with Crippen LogP contribution in [0.4, 0.5) is 14.5 Å². The van der Waals surface area contributed by atoms with E-state index in [0.29, 0.717) is 39.4 Å². The molecule has 1 aliphatic rings. The lowest BCUT2D eigenvalue weighted by atomic mass is 10.1. The van der Waals surface area contributed by atoms with Crippen LogP contribution >= 0.6 is 11.8 Å². The van der Waals surface area contributed by atoms with Gasteiger partial charge in [0.25, 0.3) is 11.7 Å². The molecule has 0 bridgehead atoms. The molecule has 0 aromatic heterocycles. The van der Waals surface area contributed by atoms with E-state index in [0.717, 1.165) is 0 Å². The molecule has 0 aliphatic carbocycles. The summed E-state index contributed by atoms with van der Waals surface area (Å²) in [5.41, 5.74) is 0.917. The fraction of sp³-hybridized carbons (Fsp3) is 0.111. The molecule has 132 valence electrons. The first kappa shape index (κ1) is 17.8. The van der Waals surface area contributed by atoms with Gasteiger partial charge < -0.3 is 14.8 Å². The Balaban J connectivity index is 1.72. The first-order valence-electron chi connectivity index (χ1n) is 7.43. The largest absolute Gasteiger partial charge is 0.454 e. The summed E-state index contributed by atoms with van der Waals surface area (Å²) in [6.45, 7) is 0.133. The maximum atomic E-state index is 12.3. The lowest BCUT2D eigenvalue weighted by Crippen LogP contribution is -2.13. The van der Waals surface area contributed by atoms with Gasteiger partial charge in [-0.3, -0.25) is 4.79 Å². The highest BCUT2D eigenvalue weighted by Crippen LogP contribution is 2.33. The van der Waals surface area contributed by atoms with Crippen molar-refractivity contribution in [3.8, 4) is 17.6 Å². The van der Waals surface area contributed by atoms with E-state index >= 15 is 0 Å². The Morgan fingerprint density at radius 2 is 1.92 bits per heavy atom. The summed E-state index contributed by atoms with van der Waals surface area (Å²) in [5, 5.41) is 11.8. The van der Waals surface area contributed by atoms with Gasteiger partial charge in [-0.1, -0.05) is 17.8 Å². The third-order valence-corrected chi connectivity index (χ3v) is 4.13. The zero-order chi connectivity index (χ0) is 18.5. The van der Waals surface area contributed by atoms with E-state index < -0.39 is 11.7 Å². The Morgan fingerprint density at radius 1 is 1.19 bits per heavy atom. The van der Waals surface area contributed by atoms with Gasteiger partial charge in [0.15, 0.2) is 11.5 Å². The number of nitrogens with zero attached hydrogens (tertiary/aromatic N) is 1. The standard InChI is InChI=1S/C18H12F2N2O3S/c19-18(20)26-14-4-2-13(3-5-14)22-17(23)12(9-21)7-11-1-6-15-16(8-11)25-10-24-15/h1-8,18H,10H2,(H,22,23)/b12-7+. The van der Waals surface area contributed by atoms with Crippen LogP contribution in [0.3, 0.4) is 0 Å². The van der Waals surface area contributed by atoms with Gasteiger partial charge in [-0.2, -0.15) is 14.0 Å². The third-order valence-electron chi connectivity index (χ3n) is 3.41. The maximum absolute atomic E-state index is 12.3. The Bertz CT molecular complexity index is 892. The van der Waals surface area contributed by atoms with Crippen LogP contribution in [0, 0.1) is 11.3 Å². The molecule has 5 nitrogen and oxygen atoms in total. The third kappa shape index (κ3) is 4.32. The number of hydrogen-bond donors (Lipinski definition) is 1. The maximum Gasteiger partial charge on any atom is 0.288 e. The predicted octanol–water partition coefficient (Wildman–Crippen LogP) is 4.28. The normalized spacial score (nSPS) is 12.8. The average molecular weight is 374 g/mol. The van der Waals surface area contributed by atoms with Gasteiger partial charge in [-0.15, -0.1) is 0 Å². The number of benzene rings is 2. The number of ether oxygens (including phenoxy) is 2. The number of hydrogen-bond acceptors (Lipinski definition) is 5. The Hall–Kier alpha value is -3.05. The van der Waals surface area contributed by atoms with Crippen LogP contribution in [-0.4, -0.2) is 18.5 Å². The molecule has 0 spiro atoms. The van der Waals surface area contributed by atoms with Gasteiger partial charge in [0.2, 0.25) is 6.79 Å². The minimum Gasteiger partial charge on any atom is -0.454 e. The molecule has 1 amide bonds. The Labute approximate surface area is 152 Å². The van der Waals surface area contributed by atoms with Crippen LogP contribution in [-0.2, 0) is 4.79 Å². The smallest absolute Gasteiger partial charge is 0.288 e. The minimum absolute atomic E-state index is 0.102. The van der Waals surface area contributed by atoms with E-state index in [4.69, 9.17) is 9.47 Å². The fourth-order valence-electron chi connectivity index (χ4n) is 2.24. The summed E-state index contributed by atoms with van der Waals surface area (Å²) in [7, 11) is 0. The van der Waals surface area contributed by atoms with E-state index in [-0.39, 0.29) is 12.4 Å². The van der Waals surface area contributed by atoms with Crippen LogP contribution in [0.1, 0.15) is 5.56 Å². The molecule has 1 N–H and O–H groups in total. The lowest BCUT2D eigenvalue weighted by Gasteiger charge is -2.06. The van der Waals surface area contributed by atoms with Gasteiger partial charge in [0.1, 0.15) is 11.6 Å². The van der Waals surface area contributed by atoms with Gasteiger partial charge in [0, 0.05) is 10.6 Å². The number of rotatable bonds is 5. The van der Waals surface area contributed by atoms with Crippen molar-refractivity contribution >= 4 is 29.4 Å². The lowest BCUT2D eigenvalue weighted by molar-refractivity contribution is -0.112. The zero-order valence-electron chi connectivity index (χ0n) is 13.2. The summed E-state index contributed by atoms with van der Waals surface area (Å²) in [4.78, 5) is 12.6. The van der Waals surface area contributed by atoms with Crippen LogP contribution in [0.25, 0.3) is 6.08 Å². The molecule has 1 heterocycles. The number of carbonyl (C=O) groups excluding carboxylic acids is 1. The molecule has 0 saturated carbocycles. The van der Waals surface area contributed by atoms with Crippen molar-refractivity contribution in [1.82, 2.24) is 0 Å². The van der Waals surface area contributed by atoms with Crippen molar-refractivity contribution in [2.24, 2.45) is 0 Å². The number of amides is 1. The Morgan fingerprint density at radius 3 is 2.62 bits per heavy atom. The van der Waals surface area contributed by atoms with Gasteiger partial charge >= 0.3 is 0 Å². The first-order valence-corrected chi connectivity index (χ1v) is 8.31. The number of anilines is 1. The first-order chi connectivity index (χ1) is 12.5. The molecule has 0 radical (unpaired) electrons. The highest BCUT2D eigenvalue weighted by Gasteiger charge is 2.14. The number of halogens is 2. The molecule has 2 aromatic carbocycles. The highest BCUT2D eigenvalue weighted by atomic mass is 32.2. The van der Waals surface area contributed by atoms with Gasteiger partial charge in [0.05, 0.1) is 0 Å². The van der Waals surface area contributed by atoms with Crippen molar-refractivity contribution < 1.29 is 23.0 Å². The summed E-state index contributed by atoms with van der Waals surface area (Å²) >= 11 is 0.416. The fourth-order valence-corrected chi connectivity index (χ4v) is 2.74. The number of carbonyl (C=O) groups is 1. The Kier molecular flexibility index (Phi) is 5.39. The highest BCUT2D eigenvalue weighted by molar-refractivity contribution is 7.99. The van der Waals surface area contributed by atoms with Crippen LogP contribution in [0.15, 0.2) is 52.9 Å². The van der Waals surface area contributed by atoms with E-state index in [1.165, 1.54) is 30.3 Å². The van der Waals surface area contributed by atoms with Crippen LogP contribution in [0.5, 0.6) is 11.5 Å². The molecule has 1 aliphatic heterocycles. The van der Waals surface area contributed by atoms with Crippen LogP contribution < -0.4 is 14.8 Å². The van der Waals surface area contributed by atoms with Crippen molar-refractivity contribution in [1.29, 1.82) is 5.26 Å². The zero-order valence-corrected chi connectivity index (χ0v) is 14.1. The monoisotopic (exact) mass is 374 g/mol. The van der Waals surface area contributed by atoms with Crippen molar-refractivity contribution in [2.75, 3.05) is 12.1 Å². The number of nitriles is 1. The second kappa shape index (κ2) is 7.89. The van der Waals surface area contributed by atoms with Crippen LogP contribution in [0.2, 0.25) is 0 Å². The SMILES string of the molecule is N#C/C(=C\c1ccc2c(c1)OCO2)C(=O)Nc1ccc(SC(F)F)cc1. The van der Waals surface area contributed by atoms with E-state index in [9.17, 15) is 18.8 Å². The molecule has 2 aromatic rings. The number of fused-ring (bicyclic) bond motifs is 1. The molecule has 3 rings (SSSR count). The number of nitrogens with one attached hydrogen (secondary N) is 1. The van der Waals surface area contributed by atoms with Crippen molar-refractivity contribution in [3.63, 3.8) is 0 Å². The van der Waals surface area contributed by atoms with Crippen molar-refractivity contribution in [3.05, 3.63) is 53.6 Å². The molecule has 0 fully saturated rings. The molecule has 8 heteroatoms. The summed E-state index contributed by atoms with van der Waals surface area (Å²) in [5.74, 6) is -1.96. The second-order valence-electron chi connectivity index (χ2n) is 5.14. The topological polar surface area (TPSA) is 71.3 Å². The quantitative estimate of drug-likeness (QED) is 0.481. The predicted molar refractivity (Wildman–Crippen MR) is 93.1 cm³/mol. The van der Waals surface area contributed by atoms with Crippen molar-refractivity contribution in [2.45, 2.75) is 10.7 Å². The molecular weight excluding hydrogens is 362 g/mol. The number of alkyl halides is 2. The molecule has 0 atom stereocenters. The molecule has 0 saturated heterocycles. The van der Waals surface area contributed by atoms with Gasteiger partial charge in [-0.25, -0.2) is 0 Å². The summed E-state index contributed by atoms with van der Waals surface area (Å²) in [6, 6.07) is 12.9. The van der Waals surface area contributed by atoms with E-state index in [1.54, 1.807) is 18.2 Å². The average Bonchev–Trinajstić information content (AvgIpc) is 3.08. The minimum atomic E-state index is -2.51. The summed E-state index contributed by atoms with van der Waals surface area (Å²) < 4.78 is 35.1. The van der Waals surface area contributed by atoms with E-state index in [2.05, 4.69) is 5.32 Å². The molecular formula is C18H12F2N2O3S. The second-order valence-corrected chi connectivity index (χ2v) is 6.20. The summed E-state index contributed by atoms with van der Waals surface area (Å²) in [6.07, 6.45) is 1.43. The molecule has 26 heavy (non-hydrogen) atoms. The number of thioether (sulfide) groups is 1.